The fourth-order valence-corrected chi connectivity index (χ4v) is 5.99. The van der Waals surface area contributed by atoms with Crippen molar-refractivity contribution in [3.63, 3.8) is 0 Å². The van der Waals surface area contributed by atoms with Crippen molar-refractivity contribution >= 4 is 21.4 Å². The summed E-state index contributed by atoms with van der Waals surface area (Å²) in [5.41, 5.74) is 2.78. The van der Waals surface area contributed by atoms with Crippen molar-refractivity contribution < 1.29 is 8.42 Å². The molecule has 0 radical (unpaired) electrons. The number of aromatic nitrogens is 2. The Morgan fingerprint density at radius 3 is 2.70 bits per heavy atom. The summed E-state index contributed by atoms with van der Waals surface area (Å²) in [5.74, 6) is 0.297. The lowest BCUT2D eigenvalue weighted by Crippen LogP contribution is -2.30. The van der Waals surface area contributed by atoms with E-state index in [0.29, 0.717) is 23.0 Å². The Balaban J connectivity index is 1.33. The number of nitrogens with one attached hydrogen (secondary N) is 2. The molecule has 4 rings (SSSR count). The number of H-pyrrole nitrogens is 1. The highest BCUT2D eigenvalue weighted by molar-refractivity contribution is 7.91. The maximum absolute atomic E-state index is 12.7. The molecule has 3 aromatic rings. The average molecular weight is 445 g/mol. The molecule has 30 heavy (non-hydrogen) atoms. The molecule has 1 atom stereocenters. The lowest BCUT2D eigenvalue weighted by atomic mass is 10.1. The van der Waals surface area contributed by atoms with E-state index in [2.05, 4.69) is 51.0 Å². The van der Waals surface area contributed by atoms with Gasteiger partial charge in [-0.3, -0.25) is 9.69 Å². The SMILES string of the molecule is Cc1ccc(CN2CC[C@H](CNS(=O)(=O)c3ccc(-c4ccc(=O)[nH]n4)s3)C2)cc1. The van der Waals surface area contributed by atoms with Crippen LogP contribution >= 0.6 is 11.3 Å². The highest BCUT2D eigenvalue weighted by Gasteiger charge is 2.25. The van der Waals surface area contributed by atoms with Crippen LogP contribution in [-0.2, 0) is 16.6 Å². The van der Waals surface area contributed by atoms with E-state index in [1.165, 1.54) is 17.2 Å². The Bertz CT molecular complexity index is 1150. The third-order valence-electron chi connectivity index (χ3n) is 5.24. The molecule has 2 aromatic heterocycles. The molecule has 1 aliphatic rings. The first-order chi connectivity index (χ1) is 14.4. The predicted molar refractivity (Wildman–Crippen MR) is 118 cm³/mol. The predicted octanol–water partition coefficient (Wildman–Crippen LogP) is 2.61. The number of aryl methyl sites for hydroxylation is 1. The van der Waals surface area contributed by atoms with E-state index in [0.717, 1.165) is 37.4 Å². The van der Waals surface area contributed by atoms with E-state index >= 15 is 0 Å². The summed E-state index contributed by atoms with van der Waals surface area (Å²) >= 11 is 1.14. The Labute approximate surface area is 179 Å². The van der Waals surface area contributed by atoms with Gasteiger partial charge in [-0.1, -0.05) is 29.8 Å². The van der Waals surface area contributed by atoms with Crippen LogP contribution in [0.1, 0.15) is 17.5 Å². The number of rotatable bonds is 7. The smallest absolute Gasteiger partial charge is 0.264 e. The van der Waals surface area contributed by atoms with Crippen molar-refractivity contribution in [2.45, 2.75) is 24.1 Å². The summed E-state index contributed by atoms with van der Waals surface area (Å²) < 4.78 is 28.4. The summed E-state index contributed by atoms with van der Waals surface area (Å²) in [6.45, 7) is 5.25. The Morgan fingerprint density at radius 1 is 1.17 bits per heavy atom. The first-order valence-corrected chi connectivity index (χ1v) is 12.1. The van der Waals surface area contributed by atoms with E-state index in [4.69, 9.17) is 0 Å². The lowest BCUT2D eigenvalue weighted by Gasteiger charge is -2.16. The number of hydrogen-bond donors (Lipinski definition) is 2. The van der Waals surface area contributed by atoms with Crippen LogP contribution < -0.4 is 10.3 Å². The van der Waals surface area contributed by atoms with E-state index in [-0.39, 0.29) is 9.77 Å². The maximum atomic E-state index is 12.7. The standard InChI is InChI=1S/C21H24N4O3S2/c1-15-2-4-16(5-3-15)13-25-11-10-17(14-25)12-22-30(27,28)21-9-7-19(29-21)18-6-8-20(26)24-23-18/h2-9,17,22H,10-14H2,1H3,(H,24,26)/t17-/m1/s1. The second kappa shape index (κ2) is 8.81. The van der Waals surface area contributed by atoms with E-state index in [1.54, 1.807) is 18.2 Å². The molecule has 9 heteroatoms. The van der Waals surface area contributed by atoms with Crippen LogP contribution in [0.15, 0.2) is 57.5 Å². The topological polar surface area (TPSA) is 95.2 Å². The molecule has 158 valence electrons. The number of benzene rings is 1. The monoisotopic (exact) mass is 444 g/mol. The highest BCUT2D eigenvalue weighted by atomic mass is 32.2. The molecule has 0 aliphatic carbocycles. The molecule has 0 bridgehead atoms. The number of nitrogens with zero attached hydrogens (tertiary/aromatic N) is 2. The summed E-state index contributed by atoms with van der Waals surface area (Å²) in [5, 5.41) is 6.32. The first kappa shape index (κ1) is 20.9. The quantitative estimate of drug-likeness (QED) is 0.584. The summed E-state index contributed by atoms with van der Waals surface area (Å²) in [6.07, 6.45) is 0.978. The fourth-order valence-electron chi connectivity index (χ4n) is 3.56. The minimum absolute atomic E-state index is 0.250. The summed E-state index contributed by atoms with van der Waals surface area (Å²) in [4.78, 5) is 14.2. The zero-order valence-corrected chi connectivity index (χ0v) is 18.3. The molecule has 1 aromatic carbocycles. The minimum atomic E-state index is -3.57. The van der Waals surface area contributed by atoms with Gasteiger partial charge in [0.1, 0.15) is 9.90 Å². The maximum Gasteiger partial charge on any atom is 0.264 e. The van der Waals surface area contributed by atoms with Crippen LogP contribution in [0.5, 0.6) is 0 Å². The molecule has 1 saturated heterocycles. The number of aromatic amines is 1. The molecule has 1 fully saturated rings. The first-order valence-electron chi connectivity index (χ1n) is 9.82. The van der Waals surface area contributed by atoms with Gasteiger partial charge in [0, 0.05) is 25.7 Å². The number of sulfonamides is 1. The van der Waals surface area contributed by atoms with Gasteiger partial charge >= 0.3 is 0 Å². The highest BCUT2D eigenvalue weighted by Crippen LogP contribution is 2.29. The van der Waals surface area contributed by atoms with Gasteiger partial charge in [-0.2, -0.15) is 5.10 Å². The normalized spacial score (nSPS) is 17.4. The largest absolute Gasteiger partial charge is 0.299 e. The van der Waals surface area contributed by atoms with Crippen molar-refractivity contribution in [1.29, 1.82) is 0 Å². The van der Waals surface area contributed by atoms with Gasteiger partial charge in [-0.15, -0.1) is 11.3 Å². The van der Waals surface area contributed by atoms with Crippen molar-refractivity contribution in [3.05, 3.63) is 70.0 Å². The van der Waals surface area contributed by atoms with Gasteiger partial charge in [0.25, 0.3) is 5.56 Å². The molecule has 0 unspecified atom stereocenters. The van der Waals surface area contributed by atoms with Crippen LogP contribution in [0, 0.1) is 12.8 Å². The molecular weight excluding hydrogens is 420 g/mol. The molecule has 7 nitrogen and oxygen atoms in total. The van der Waals surface area contributed by atoms with Crippen LogP contribution in [0.3, 0.4) is 0 Å². The Morgan fingerprint density at radius 2 is 1.97 bits per heavy atom. The number of likely N-dealkylation sites (tertiary alicyclic amines) is 1. The van der Waals surface area contributed by atoms with Crippen molar-refractivity contribution in [2.75, 3.05) is 19.6 Å². The third kappa shape index (κ3) is 5.04. The number of thiophene rings is 1. The van der Waals surface area contributed by atoms with Gasteiger partial charge in [-0.05, 0) is 49.6 Å². The Kier molecular flexibility index (Phi) is 6.14. The average Bonchev–Trinajstić information content (AvgIpc) is 3.39. The Hall–Kier alpha value is -2.33. The van der Waals surface area contributed by atoms with Crippen molar-refractivity contribution in [3.8, 4) is 10.6 Å². The zero-order chi connectivity index (χ0) is 21.1. The molecule has 0 amide bonds. The van der Waals surface area contributed by atoms with Gasteiger partial charge < -0.3 is 0 Å². The molecule has 0 saturated carbocycles. The second-order valence-electron chi connectivity index (χ2n) is 7.65. The zero-order valence-electron chi connectivity index (χ0n) is 16.7. The van der Waals surface area contributed by atoms with Gasteiger partial charge in [0.15, 0.2) is 0 Å². The summed E-state index contributed by atoms with van der Waals surface area (Å²) in [7, 11) is -3.57. The van der Waals surface area contributed by atoms with Crippen LogP contribution in [0.25, 0.3) is 10.6 Å². The van der Waals surface area contributed by atoms with Crippen molar-refractivity contribution in [2.24, 2.45) is 5.92 Å². The van der Waals surface area contributed by atoms with E-state index in [9.17, 15) is 13.2 Å². The van der Waals surface area contributed by atoms with Crippen LogP contribution in [-0.4, -0.2) is 43.1 Å². The van der Waals surface area contributed by atoms with Crippen LogP contribution in [0.4, 0.5) is 0 Å². The summed E-state index contributed by atoms with van der Waals surface area (Å²) in [6, 6.07) is 14.8. The fraction of sp³-hybridized carbons (Fsp3) is 0.333. The lowest BCUT2D eigenvalue weighted by molar-refractivity contribution is 0.316. The third-order valence-corrected chi connectivity index (χ3v) is 8.26. The second-order valence-corrected chi connectivity index (χ2v) is 10.7. The molecule has 3 heterocycles. The van der Waals surface area contributed by atoms with Crippen LogP contribution in [0.2, 0.25) is 0 Å². The van der Waals surface area contributed by atoms with Gasteiger partial charge in [0.05, 0.1) is 4.88 Å². The van der Waals surface area contributed by atoms with E-state index in [1.807, 2.05) is 0 Å². The molecule has 1 aliphatic heterocycles. The van der Waals surface area contributed by atoms with Gasteiger partial charge in [-0.25, -0.2) is 18.2 Å². The minimum Gasteiger partial charge on any atom is -0.299 e. The number of hydrogen-bond acceptors (Lipinski definition) is 6. The van der Waals surface area contributed by atoms with Crippen molar-refractivity contribution in [1.82, 2.24) is 19.8 Å². The molecule has 2 N–H and O–H groups in total. The van der Waals surface area contributed by atoms with Gasteiger partial charge in [0.2, 0.25) is 10.0 Å². The molecular formula is C21H24N4O3S2. The molecule has 0 spiro atoms. The van der Waals surface area contributed by atoms with E-state index < -0.39 is 10.0 Å².